The number of thioether (sulfide) groups is 1. The minimum atomic E-state index is -0.600. The van der Waals surface area contributed by atoms with Gasteiger partial charge in [-0.3, -0.25) is 9.59 Å². The van der Waals surface area contributed by atoms with E-state index in [1.54, 1.807) is 35.2 Å². The van der Waals surface area contributed by atoms with E-state index in [1.165, 1.54) is 12.8 Å². The number of nitrogens with one attached hydrogen (secondary N) is 2. The Morgan fingerprint density at radius 2 is 1.94 bits per heavy atom. The Balaban J connectivity index is 1.46. The zero-order valence-corrected chi connectivity index (χ0v) is 19.1. The molecule has 6 nitrogen and oxygen atoms in total. The molecule has 3 aromatic rings. The van der Waals surface area contributed by atoms with E-state index < -0.39 is 6.04 Å². The molecule has 4 rings (SSSR count). The molecular weight excluding hydrogens is 428 g/mol. The van der Waals surface area contributed by atoms with Crippen LogP contribution in [-0.4, -0.2) is 47.9 Å². The first-order chi connectivity index (χ1) is 15.1. The predicted molar refractivity (Wildman–Crippen MR) is 130 cm³/mol. The molecule has 1 aliphatic heterocycles. The number of fused-ring (bicyclic) bond motifs is 1. The molecule has 162 valence electrons. The number of anilines is 2. The highest BCUT2D eigenvalue weighted by Crippen LogP contribution is 2.32. The molecule has 0 spiro atoms. The summed E-state index contributed by atoms with van der Waals surface area (Å²) in [6.45, 7) is 2.11. The second kappa shape index (κ2) is 10.2. The lowest BCUT2D eigenvalue weighted by Gasteiger charge is -2.18. The number of thiazole rings is 1. The average molecular weight is 455 g/mol. The fourth-order valence-electron chi connectivity index (χ4n) is 3.60. The summed E-state index contributed by atoms with van der Waals surface area (Å²) in [5.41, 5.74) is 2.21. The largest absolute Gasteiger partial charge is 0.348 e. The molecule has 0 aliphatic carbocycles. The van der Waals surface area contributed by atoms with Crippen molar-refractivity contribution in [1.82, 2.24) is 10.3 Å². The van der Waals surface area contributed by atoms with Gasteiger partial charge in [0.1, 0.15) is 6.04 Å². The highest BCUT2D eigenvalue weighted by molar-refractivity contribution is 7.98. The third-order valence-electron chi connectivity index (χ3n) is 5.29. The van der Waals surface area contributed by atoms with Gasteiger partial charge in [0, 0.05) is 24.3 Å². The van der Waals surface area contributed by atoms with Crippen LogP contribution in [0.15, 0.2) is 48.5 Å². The smallest absolute Gasteiger partial charge is 0.251 e. The van der Waals surface area contributed by atoms with Crippen molar-refractivity contribution in [2.45, 2.75) is 25.3 Å². The van der Waals surface area contributed by atoms with E-state index in [9.17, 15) is 9.59 Å². The molecular formula is C23H26N4O2S2. The molecule has 2 N–H and O–H groups in total. The maximum atomic E-state index is 13.0. The zero-order chi connectivity index (χ0) is 21.6. The second-order valence-electron chi connectivity index (χ2n) is 7.54. The number of benzene rings is 2. The summed E-state index contributed by atoms with van der Waals surface area (Å²) in [6.07, 6.45) is 4.98. The van der Waals surface area contributed by atoms with Gasteiger partial charge in [0.25, 0.3) is 5.91 Å². The Kier molecular flexibility index (Phi) is 7.09. The van der Waals surface area contributed by atoms with Gasteiger partial charge in [-0.05, 0) is 61.6 Å². The van der Waals surface area contributed by atoms with Crippen molar-refractivity contribution >= 4 is 55.9 Å². The van der Waals surface area contributed by atoms with E-state index in [2.05, 4.69) is 15.5 Å². The molecule has 0 radical (unpaired) electrons. The third-order valence-corrected chi connectivity index (χ3v) is 7.01. The number of amides is 2. The maximum Gasteiger partial charge on any atom is 0.251 e. The summed E-state index contributed by atoms with van der Waals surface area (Å²) < 4.78 is 1.05. The topological polar surface area (TPSA) is 74.3 Å². The molecule has 1 aromatic heterocycles. The molecule has 31 heavy (non-hydrogen) atoms. The molecule has 1 aliphatic rings. The average Bonchev–Trinajstić information content (AvgIpc) is 3.46. The molecule has 1 atom stereocenters. The Morgan fingerprint density at radius 3 is 2.68 bits per heavy atom. The number of aromatic nitrogens is 1. The molecule has 2 heterocycles. The van der Waals surface area contributed by atoms with Crippen LogP contribution in [0.3, 0.4) is 0 Å². The maximum absolute atomic E-state index is 13.0. The minimum absolute atomic E-state index is 0.207. The van der Waals surface area contributed by atoms with Gasteiger partial charge in [-0.1, -0.05) is 29.5 Å². The highest BCUT2D eigenvalue weighted by atomic mass is 32.2. The number of nitrogens with zero attached hydrogens (tertiary/aromatic N) is 2. The van der Waals surface area contributed by atoms with E-state index in [4.69, 9.17) is 4.98 Å². The first-order valence-electron chi connectivity index (χ1n) is 10.5. The van der Waals surface area contributed by atoms with Crippen molar-refractivity contribution in [2.24, 2.45) is 0 Å². The van der Waals surface area contributed by atoms with Crippen LogP contribution in [0.25, 0.3) is 10.2 Å². The van der Waals surface area contributed by atoms with Crippen LogP contribution in [0.5, 0.6) is 0 Å². The van der Waals surface area contributed by atoms with Gasteiger partial charge in [0.15, 0.2) is 5.13 Å². The quantitative estimate of drug-likeness (QED) is 0.528. The standard InChI is InChI=1S/C23H26N4O2S2/c1-30-14-11-19(25-21(28)16-7-3-2-4-8-16)22(29)24-17-9-10-18-20(15-17)31-23(26-18)27-12-5-6-13-27/h2-4,7-10,15,19H,5-6,11-14H2,1H3,(H,24,29)(H,25,28). The van der Waals surface area contributed by atoms with Crippen LogP contribution < -0.4 is 15.5 Å². The van der Waals surface area contributed by atoms with E-state index in [1.807, 2.05) is 42.7 Å². The Bertz CT molecular complexity index is 1050. The van der Waals surface area contributed by atoms with Crippen molar-refractivity contribution in [2.75, 3.05) is 35.3 Å². The summed E-state index contributed by atoms with van der Waals surface area (Å²) in [6, 6.07) is 14.2. The van der Waals surface area contributed by atoms with E-state index in [-0.39, 0.29) is 11.8 Å². The summed E-state index contributed by atoms with van der Waals surface area (Å²) in [4.78, 5) is 32.6. The molecule has 0 bridgehead atoms. The van der Waals surface area contributed by atoms with Crippen LogP contribution >= 0.6 is 23.1 Å². The molecule has 2 aromatic carbocycles. The van der Waals surface area contributed by atoms with Crippen molar-refractivity contribution in [3.05, 3.63) is 54.1 Å². The number of hydrogen-bond donors (Lipinski definition) is 2. The number of rotatable bonds is 8. The molecule has 8 heteroatoms. The fraction of sp³-hybridized carbons (Fsp3) is 0.348. The Hall–Kier alpha value is -2.58. The summed E-state index contributed by atoms with van der Waals surface area (Å²) >= 11 is 3.31. The van der Waals surface area contributed by atoms with Crippen LogP contribution in [0.2, 0.25) is 0 Å². The third kappa shape index (κ3) is 5.37. The van der Waals surface area contributed by atoms with Gasteiger partial charge in [0.05, 0.1) is 10.2 Å². The van der Waals surface area contributed by atoms with Crippen LogP contribution in [0, 0.1) is 0 Å². The van der Waals surface area contributed by atoms with E-state index >= 15 is 0 Å². The Morgan fingerprint density at radius 1 is 1.16 bits per heavy atom. The molecule has 2 amide bonds. The van der Waals surface area contributed by atoms with Crippen LogP contribution in [0.4, 0.5) is 10.8 Å². The Labute approximate surface area is 190 Å². The van der Waals surface area contributed by atoms with E-state index in [0.717, 1.165) is 39.9 Å². The number of hydrogen-bond acceptors (Lipinski definition) is 6. The first kappa shape index (κ1) is 21.6. The van der Waals surface area contributed by atoms with Gasteiger partial charge < -0.3 is 15.5 Å². The fourth-order valence-corrected chi connectivity index (χ4v) is 5.13. The van der Waals surface area contributed by atoms with Gasteiger partial charge in [-0.15, -0.1) is 0 Å². The van der Waals surface area contributed by atoms with Crippen molar-refractivity contribution in [1.29, 1.82) is 0 Å². The van der Waals surface area contributed by atoms with Crippen LogP contribution in [-0.2, 0) is 4.79 Å². The summed E-state index contributed by atoms with van der Waals surface area (Å²) in [5.74, 6) is 0.331. The van der Waals surface area contributed by atoms with E-state index in [0.29, 0.717) is 12.0 Å². The van der Waals surface area contributed by atoms with Crippen molar-refractivity contribution < 1.29 is 9.59 Å². The predicted octanol–water partition coefficient (Wildman–Crippen LogP) is 4.39. The van der Waals surface area contributed by atoms with Gasteiger partial charge in [-0.2, -0.15) is 11.8 Å². The highest BCUT2D eigenvalue weighted by Gasteiger charge is 2.22. The number of carbonyl (C=O) groups excluding carboxylic acids is 2. The normalized spacial score (nSPS) is 14.5. The lowest BCUT2D eigenvalue weighted by atomic mass is 10.1. The second-order valence-corrected chi connectivity index (χ2v) is 9.53. The molecule has 1 saturated heterocycles. The van der Waals surface area contributed by atoms with Gasteiger partial charge >= 0.3 is 0 Å². The molecule has 0 saturated carbocycles. The summed E-state index contributed by atoms with van der Waals surface area (Å²) in [7, 11) is 0. The zero-order valence-electron chi connectivity index (χ0n) is 17.5. The summed E-state index contributed by atoms with van der Waals surface area (Å²) in [5, 5.41) is 6.91. The SMILES string of the molecule is CSCCC(NC(=O)c1ccccc1)C(=O)Nc1ccc2nc(N3CCCC3)sc2c1. The van der Waals surface area contributed by atoms with Crippen LogP contribution in [0.1, 0.15) is 29.6 Å². The lowest BCUT2D eigenvalue weighted by molar-refractivity contribution is -0.118. The first-order valence-corrected chi connectivity index (χ1v) is 12.7. The lowest BCUT2D eigenvalue weighted by Crippen LogP contribution is -2.44. The van der Waals surface area contributed by atoms with Gasteiger partial charge in [-0.25, -0.2) is 4.98 Å². The number of carbonyl (C=O) groups is 2. The van der Waals surface area contributed by atoms with Gasteiger partial charge in [0.2, 0.25) is 5.91 Å². The monoisotopic (exact) mass is 454 g/mol. The molecule has 1 fully saturated rings. The molecule has 1 unspecified atom stereocenters. The van der Waals surface area contributed by atoms with Crippen molar-refractivity contribution in [3.8, 4) is 0 Å². The van der Waals surface area contributed by atoms with Crippen molar-refractivity contribution in [3.63, 3.8) is 0 Å². The minimum Gasteiger partial charge on any atom is -0.348 e.